The van der Waals surface area contributed by atoms with Crippen molar-refractivity contribution in [3.05, 3.63) is 83.3 Å². The number of nitrogens with two attached hydrogens (primary N) is 1. The van der Waals surface area contributed by atoms with Gasteiger partial charge >= 0.3 is 0 Å². The molecule has 3 heterocycles. The van der Waals surface area contributed by atoms with Crippen molar-refractivity contribution in [1.29, 1.82) is 0 Å². The standard InChI is InChI=1S/C21H16F3N5O/c1-29-19(30)21(28-20(29)25,18-8-12(11-22)5-7-27-18)14-9-13(15(23)10-16(14)24)17-4-2-3-6-26-17/h2-10H,11H2,1H3,(H2,25,28). The van der Waals surface area contributed by atoms with Crippen LogP contribution in [0.25, 0.3) is 11.3 Å². The van der Waals surface area contributed by atoms with Crippen molar-refractivity contribution in [2.24, 2.45) is 10.7 Å². The summed E-state index contributed by atoms with van der Waals surface area (Å²) in [4.78, 5) is 26.8. The van der Waals surface area contributed by atoms with E-state index in [9.17, 15) is 13.6 Å². The summed E-state index contributed by atoms with van der Waals surface area (Å²) in [6, 6.07) is 9.43. The Kier molecular flexibility index (Phi) is 4.73. The third kappa shape index (κ3) is 2.90. The molecular formula is C21H16F3N5O. The van der Waals surface area contributed by atoms with Gasteiger partial charge in [0.05, 0.1) is 11.4 Å². The summed E-state index contributed by atoms with van der Waals surface area (Å²) in [6.07, 6.45) is 2.76. The van der Waals surface area contributed by atoms with Gasteiger partial charge in [0.25, 0.3) is 5.91 Å². The van der Waals surface area contributed by atoms with Gasteiger partial charge in [0.2, 0.25) is 5.54 Å². The highest BCUT2D eigenvalue weighted by molar-refractivity contribution is 6.08. The van der Waals surface area contributed by atoms with Gasteiger partial charge in [-0.3, -0.25) is 19.7 Å². The zero-order valence-corrected chi connectivity index (χ0v) is 15.8. The predicted molar refractivity (Wildman–Crippen MR) is 104 cm³/mol. The number of aromatic nitrogens is 2. The van der Waals surface area contributed by atoms with E-state index in [1.165, 1.54) is 37.6 Å². The summed E-state index contributed by atoms with van der Waals surface area (Å²) in [7, 11) is 1.38. The molecule has 0 saturated carbocycles. The maximum Gasteiger partial charge on any atom is 0.268 e. The molecule has 1 aromatic carbocycles. The number of benzene rings is 1. The van der Waals surface area contributed by atoms with Crippen LogP contribution >= 0.6 is 0 Å². The number of carbonyl (C=O) groups excluding carboxylic acids is 1. The van der Waals surface area contributed by atoms with Crippen molar-refractivity contribution >= 4 is 11.9 Å². The monoisotopic (exact) mass is 411 g/mol. The number of halogens is 3. The number of guanidine groups is 1. The number of alkyl halides is 1. The Labute approximate surface area is 169 Å². The fourth-order valence-electron chi connectivity index (χ4n) is 3.42. The van der Waals surface area contributed by atoms with E-state index in [0.29, 0.717) is 6.07 Å². The Morgan fingerprint density at radius 1 is 1.07 bits per heavy atom. The summed E-state index contributed by atoms with van der Waals surface area (Å²) in [5, 5.41) is 0. The van der Waals surface area contributed by atoms with Crippen molar-refractivity contribution in [3.63, 3.8) is 0 Å². The Hall–Kier alpha value is -3.75. The minimum atomic E-state index is -2.02. The van der Waals surface area contributed by atoms with Gasteiger partial charge in [0.1, 0.15) is 18.3 Å². The van der Waals surface area contributed by atoms with E-state index in [2.05, 4.69) is 15.0 Å². The van der Waals surface area contributed by atoms with Gasteiger partial charge in [0.15, 0.2) is 5.96 Å². The lowest BCUT2D eigenvalue weighted by Crippen LogP contribution is -2.42. The second-order valence-electron chi connectivity index (χ2n) is 6.75. The Morgan fingerprint density at radius 3 is 2.50 bits per heavy atom. The lowest BCUT2D eigenvalue weighted by Gasteiger charge is -2.26. The molecule has 1 amide bonds. The second-order valence-corrected chi connectivity index (χ2v) is 6.75. The zero-order chi connectivity index (χ0) is 21.5. The number of amides is 1. The maximum atomic E-state index is 15.1. The fourth-order valence-corrected chi connectivity index (χ4v) is 3.42. The van der Waals surface area contributed by atoms with Gasteiger partial charge in [0, 0.05) is 36.6 Å². The molecule has 9 heteroatoms. The van der Waals surface area contributed by atoms with Gasteiger partial charge in [-0.15, -0.1) is 0 Å². The van der Waals surface area contributed by atoms with Crippen LogP contribution in [0.5, 0.6) is 0 Å². The van der Waals surface area contributed by atoms with E-state index >= 15 is 4.39 Å². The maximum absolute atomic E-state index is 15.1. The molecule has 2 aromatic heterocycles. The number of likely N-dealkylation sites (N-methyl/N-ethyl adjacent to an activating group) is 1. The number of hydrogen-bond acceptors (Lipinski definition) is 5. The molecular weight excluding hydrogens is 395 g/mol. The first-order valence-electron chi connectivity index (χ1n) is 8.94. The highest BCUT2D eigenvalue weighted by atomic mass is 19.1. The summed E-state index contributed by atoms with van der Waals surface area (Å²) in [5.41, 5.74) is 4.00. The number of rotatable bonds is 4. The molecule has 0 fully saturated rings. The average molecular weight is 411 g/mol. The Bertz CT molecular complexity index is 1170. The Morgan fingerprint density at radius 2 is 1.87 bits per heavy atom. The smallest absolute Gasteiger partial charge is 0.268 e. The van der Waals surface area contributed by atoms with Crippen LogP contribution in [-0.2, 0) is 17.0 Å². The summed E-state index contributed by atoms with van der Waals surface area (Å²) >= 11 is 0. The number of hydrogen-bond donors (Lipinski definition) is 1. The second kappa shape index (κ2) is 7.25. The van der Waals surface area contributed by atoms with E-state index in [1.54, 1.807) is 18.2 Å². The minimum Gasteiger partial charge on any atom is -0.369 e. The third-order valence-electron chi connectivity index (χ3n) is 4.98. The van der Waals surface area contributed by atoms with Crippen molar-refractivity contribution in [3.8, 4) is 11.3 Å². The van der Waals surface area contributed by atoms with Crippen LogP contribution in [0.4, 0.5) is 13.2 Å². The first-order chi connectivity index (χ1) is 14.4. The van der Waals surface area contributed by atoms with Crippen LogP contribution < -0.4 is 5.73 Å². The lowest BCUT2D eigenvalue weighted by atomic mass is 9.84. The van der Waals surface area contributed by atoms with Crippen molar-refractivity contribution in [2.45, 2.75) is 12.2 Å². The third-order valence-corrected chi connectivity index (χ3v) is 4.98. The fraction of sp³-hybridized carbons (Fsp3) is 0.143. The molecule has 0 bridgehead atoms. The quantitative estimate of drug-likeness (QED) is 0.716. The first kappa shape index (κ1) is 19.6. The molecule has 30 heavy (non-hydrogen) atoms. The van der Waals surface area contributed by atoms with Crippen LogP contribution in [0, 0.1) is 11.6 Å². The van der Waals surface area contributed by atoms with Gasteiger partial charge < -0.3 is 5.73 Å². The summed E-state index contributed by atoms with van der Waals surface area (Å²) in [6.45, 7) is -0.820. The topological polar surface area (TPSA) is 84.5 Å². The van der Waals surface area contributed by atoms with E-state index < -0.39 is 29.8 Å². The normalized spacial score (nSPS) is 18.6. The van der Waals surface area contributed by atoms with Crippen molar-refractivity contribution in [1.82, 2.24) is 14.9 Å². The average Bonchev–Trinajstić information content (AvgIpc) is 2.99. The highest BCUT2D eigenvalue weighted by Crippen LogP contribution is 2.41. The molecule has 0 aliphatic carbocycles. The van der Waals surface area contributed by atoms with E-state index in [0.717, 1.165) is 4.90 Å². The number of nitrogens with zero attached hydrogens (tertiary/aromatic N) is 4. The zero-order valence-electron chi connectivity index (χ0n) is 15.8. The molecule has 152 valence electrons. The van der Waals surface area contributed by atoms with E-state index in [-0.39, 0.29) is 34.0 Å². The molecule has 0 spiro atoms. The molecule has 3 aromatic rings. The van der Waals surface area contributed by atoms with E-state index in [1.807, 2.05) is 0 Å². The SMILES string of the molecule is CN1C(=O)C(c2cc(CF)ccn2)(c2cc(-c3ccccn3)c(F)cc2F)N=C1N. The molecule has 0 saturated heterocycles. The number of pyridine rings is 2. The van der Waals surface area contributed by atoms with Gasteiger partial charge in [-0.1, -0.05) is 6.07 Å². The lowest BCUT2D eigenvalue weighted by molar-refractivity contribution is -0.129. The molecule has 6 nitrogen and oxygen atoms in total. The van der Waals surface area contributed by atoms with Crippen LogP contribution in [0.2, 0.25) is 0 Å². The molecule has 1 aliphatic heterocycles. The van der Waals surface area contributed by atoms with E-state index in [4.69, 9.17) is 5.73 Å². The summed E-state index contributed by atoms with van der Waals surface area (Å²) in [5.74, 6) is -2.73. The van der Waals surface area contributed by atoms with Crippen molar-refractivity contribution in [2.75, 3.05) is 7.05 Å². The van der Waals surface area contributed by atoms with Gasteiger partial charge in [-0.2, -0.15) is 0 Å². The van der Waals surface area contributed by atoms with Crippen LogP contribution in [0.3, 0.4) is 0 Å². The largest absolute Gasteiger partial charge is 0.369 e. The number of carbonyl (C=O) groups is 1. The van der Waals surface area contributed by atoms with Gasteiger partial charge in [-0.25, -0.2) is 18.2 Å². The predicted octanol–water partition coefficient (Wildman–Crippen LogP) is 2.92. The minimum absolute atomic E-state index is 0.0209. The molecule has 0 radical (unpaired) electrons. The van der Waals surface area contributed by atoms with Gasteiger partial charge in [-0.05, 0) is 35.9 Å². The van der Waals surface area contributed by atoms with Crippen LogP contribution in [-0.4, -0.2) is 33.8 Å². The Balaban J connectivity index is 2.03. The van der Waals surface area contributed by atoms with Crippen LogP contribution in [0.1, 0.15) is 16.8 Å². The first-order valence-corrected chi connectivity index (χ1v) is 8.94. The molecule has 1 atom stereocenters. The van der Waals surface area contributed by atoms with Crippen LogP contribution in [0.15, 0.2) is 59.9 Å². The molecule has 2 N–H and O–H groups in total. The highest BCUT2D eigenvalue weighted by Gasteiger charge is 2.52. The number of aliphatic imine (C=N–C) groups is 1. The van der Waals surface area contributed by atoms with Crippen molar-refractivity contribution < 1.29 is 18.0 Å². The molecule has 4 rings (SSSR count). The molecule has 1 aliphatic rings. The summed E-state index contributed by atoms with van der Waals surface area (Å²) < 4.78 is 43.0. The molecule has 1 unspecified atom stereocenters.